The van der Waals surface area contributed by atoms with Gasteiger partial charge < -0.3 is 5.32 Å². The van der Waals surface area contributed by atoms with Crippen LogP contribution in [0, 0.1) is 0 Å². The van der Waals surface area contributed by atoms with Crippen molar-refractivity contribution in [3.8, 4) is 0 Å². The number of fused-ring (bicyclic) bond motifs is 1. The fourth-order valence-corrected chi connectivity index (χ4v) is 2.15. The summed E-state index contributed by atoms with van der Waals surface area (Å²) in [5, 5.41) is 1.95. The number of carbonyl (C=O) groups is 1. The molecule has 0 spiro atoms. The number of hydrogen-bond donors (Lipinski definition) is 1. The predicted molar refractivity (Wildman–Crippen MR) is 61.7 cm³/mol. The third-order valence-corrected chi connectivity index (χ3v) is 3.03. The van der Waals surface area contributed by atoms with Gasteiger partial charge in [0.25, 0.3) is 0 Å². The van der Waals surface area contributed by atoms with Crippen LogP contribution in [0.15, 0.2) is 24.3 Å². The highest BCUT2D eigenvalue weighted by atomic mass is 19.4. The number of hydrogen-bond acceptors (Lipinski definition) is 2. The Morgan fingerprint density at radius 3 is 2.63 bits per heavy atom. The minimum absolute atomic E-state index is 0.253. The van der Waals surface area contributed by atoms with E-state index in [-0.39, 0.29) is 6.42 Å². The van der Waals surface area contributed by atoms with Gasteiger partial charge in [0.2, 0.25) is 0 Å². The first-order chi connectivity index (χ1) is 8.93. The summed E-state index contributed by atoms with van der Waals surface area (Å²) in [6, 6.07) is 5.85. The van der Waals surface area contributed by atoms with Crippen LogP contribution in [-0.2, 0) is 9.59 Å². The van der Waals surface area contributed by atoms with Crippen molar-refractivity contribution in [1.82, 2.24) is 5.32 Å². The maximum atomic E-state index is 12.2. The van der Waals surface area contributed by atoms with Gasteiger partial charge in [0, 0.05) is 5.57 Å². The van der Waals surface area contributed by atoms with Crippen molar-refractivity contribution >= 4 is 17.4 Å². The molecule has 0 aliphatic heterocycles. The number of carbonyl (C=O) groups excluding carboxylic acids is 2. The summed E-state index contributed by atoms with van der Waals surface area (Å²) in [6.45, 7) is 0. The van der Waals surface area contributed by atoms with E-state index in [0.717, 1.165) is 0 Å². The SMILES string of the molecule is O=C=C1CC[C@H](NC(=O)C(F)(F)F)c2ccccc21. The fraction of sp³-hybridized carbons (Fsp3) is 0.308. The van der Waals surface area contributed by atoms with E-state index < -0.39 is 18.1 Å². The number of amides is 1. The van der Waals surface area contributed by atoms with Crippen LogP contribution in [0.3, 0.4) is 0 Å². The van der Waals surface area contributed by atoms with Gasteiger partial charge >= 0.3 is 12.1 Å². The Labute approximate surface area is 107 Å². The first-order valence-electron chi connectivity index (χ1n) is 5.64. The average molecular weight is 269 g/mol. The molecule has 0 fully saturated rings. The van der Waals surface area contributed by atoms with Crippen LogP contribution in [0.4, 0.5) is 13.2 Å². The van der Waals surface area contributed by atoms with Gasteiger partial charge in [0.05, 0.1) is 6.04 Å². The first kappa shape index (κ1) is 13.4. The van der Waals surface area contributed by atoms with E-state index in [2.05, 4.69) is 0 Å². The molecular weight excluding hydrogens is 259 g/mol. The van der Waals surface area contributed by atoms with Gasteiger partial charge in [-0.2, -0.15) is 13.2 Å². The van der Waals surface area contributed by atoms with Crippen LogP contribution < -0.4 is 5.32 Å². The van der Waals surface area contributed by atoms with Crippen molar-refractivity contribution < 1.29 is 22.8 Å². The van der Waals surface area contributed by atoms with Crippen LogP contribution in [0.5, 0.6) is 0 Å². The molecule has 0 saturated heterocycles. The summed E-state index contributed by atoms with van der Waals surface area (Å²) in [5.41, 5.74) is 1.49. The van der Waals surface area contributed by atoms with Crippen molar-refractivity contribution in [2.75, 3.05) is 0 Å². The van der Waals surface area contributed by atoms with Gasteiger partial charge in [-0.05, 0) is 24.0 Å². The maximum Gasteiger partial charge on any atom is 0.471 e. The molecule has 0 bridgehead atoms. The smallest absolute Gasteiger partial charge is 0.341 e. The molecule has 1 aromatic carbocycles. The summed E-state index contributed by atoms with van der Waals surface area (Å²) in [6.07, 6.45) is -4.36. The summed E-state index contributed by atoms with van der Waals surface area (Å²) >= 11 is 0. The Bertz CT molecular complexity index is 559. The molecule has 3 nitrogen and oxygen atoms in total. The minimum Gasteiger partial charge on any atom is -0.341 e. The highest BCUT2D eigenvalue weighted by Gasteiger charge is 2.40. The Morgan fingerprint density at radius 1 is 1.32 bits per heavy atom. The zero-order chi connectivity index (χ0) is 14.0. The molecule has 1 aromatic rings. The topological polar surface area (TPSA) is 46.2 Å². The van der Waals surface area contributed by atoms with E-state index in [1.54, 1.807) is 30.2 Å². The van der Waals surface area contributed by atoms with Crippen LogP contribution in [0.1, 0.15) is 30.0 Å². The van der Waals surface area contributed by atoms with Crippen LogP contribution in [0.2, 0.25) is 0 Å². The van der Waals surface area contributed by atoms with E-state index in [9.17, 15) is 22.8 Å². The number of allylic oxidation sites excluding steroid dienone is 1. The number of benzene rings is 1. The third-order valence-electron chi connectivity index (χ3n) is 3.03. The molecule has 1 amide bonds. The molecular formula is C13H10F3NO2. The lowest BCUT2D eigenvalue weighted by atomic mass is 9.84. The van der Waals surface area contributed by atoms with Gasteiger partial charge in [0.15, 0.2) is 0 Å². The third kappa shape index (κ3) is 2.69. The summed E-state index contributed by atoms with van der Waals surface area (Å²) in [7, 11) is 0. The van der Waals surface area contributed by atoms with Gasteiger partial charge in [-0.1, -0.05) is 24.3 Å². The molecule has 100 valence electrons. The molecule has 19 heavy (non-hydrogen) atoms. The van der Waals surface area contributed by atoms with E-state index >= 15 is 0 Å². The van der Waals surface area contributed by atoms with Gasteiger partial charge in [-0.25, -0.2) is 4.79 Å². The summed E-state index contributed by atoms with van der Waals surface area (Å²) in [4.78, 5) is 21.8. The monoisotopic (exact) mass is 269 g/mol. The van der Waals surface area contributed by atoms with Gasteiger partial charge in [-0.3, -0.25) is 4.79 Å². The second-order valence-electron chi connectivity index (χ2n) is 4.23. The van der Waals surface area contributed by atoms with Gasteiger partial charge in [0.1, 0.15) is 5.94 Å². The first-order valence-corrected chi connectivity index (χ1v) is 5.64. The van der Waals surface area contributed by atoms with Crippen LogP contribution >= 0.6 is 0 Å². The molecule has 1 aliphatic rings. The number of halogens is 3. The summed E-state index contributed by atoms with van der Waals surface area (Å²) < 4.78 is 36.7. The molecule has 0 radical (unpaired) electrons. The summed E-state index contributed by atoms with van der Waals surface area (Å²) in [5.74, 6) is -0.171. The normalized spacial score (nSPS) is 18.5. The largest absolute Gasteiger partial charge is 0.471 e. The van der Waals surface area contributed by atoms with Crippen molar-refractivity contribution in [2.45, 2.75) is 25.1 Å². The van der Waals surface area contributed by atoms with E-state index in [1.165, 1.54) is 0 Å². The molecule has 2 rings (SSSR count). The number of rotatable bonds is 1. The van der Waals surface area contributed by atoms with Crippen molar-refractivity contribution in [1.29, 1.82) is 0 Å². The average Bonchev–Trinajstić information content (AvgIpc) is 2.38. The fourth-order valence-electron chi connectivity index (χ4n) is 2.15. The second kappa shape index (κ2) is 4.90. The predicted octanol–water partition coefficient (Wildman–Crippen LogP) is 2.42. The minimum atomic E-state index is -4.91. The molecule has 0 heterocycles. The Hall–Kier alpha value is -2.07. The van der Waals surface area contributed by atoms with Crippen LogP contribution in [-0.4, -0.2) is 18.0 Å². The molecule has 0 saturated carbocycles. The highest BCUT2D eigenvalue weighted by molar-refractivity contribution is 5.90. The maximum absolute atomic E-state index is 12.2. The molecule has 1 aliphatic carbocycles. The molecule has 6 heteroatoms. The second-order valence-corrected chi connectivity index (χ2v) is 4.23. The van der Waals surface area contributed by atoms with Crippen molar-refractivity contribution in [2.24, 2.45) is 0 Å². The molecule has 1 N–H and O–H groups in total. The Kier molecular flexibility index (Phi) is 3.44. The van der Waals surface area contributed by atoms with Crippen molar-refractivity contribution in [3.63, 3.8) is 0 Å². The lowest BCUT2D eigenvalue weighted by Gasteiger charge is -2.27. The quantitative estimate of drug-likeness (QED) is 0.796. The lowest BCUT2D eigenvalue weighted by molar-refractivity contribution is -0.174. The standard InChI is InChI=1S/C13H10F3NO2/c14-13(15,16)12(19)17-11-6-5-8(7-18)9-3-1-2-4-10(9)11/h1-4,11H,5-6H2,(H,17,19)/t11-/m0/s1. The van der Waals surface area contributed by atoms with E-state index in [4.69, 9.17) is 0 Å². The van der Waals surface area contributed by atoms with Gasteiger partial charge in [-0.15, -0.1) is 0 Å². The molecule has 1 atom stereocenters. The van der Waals surface area contributed by atoms with E-state index in [1.807, 2.05) is 5.32 Å². The number of nitrogens with one attached hydrogen (secondary N) is 1. The molecule has 0 unspecified atom stereocenters. The van der Waals surface area contributed by atoms with Crippen molar-refractivity contribution in [3.05, 3.63) is 35.4 Å². The van der Waals surface area contributed by atoms with E-state index in [0.29, 0.717) is 23.1 Å². The zero-order valence-electron chi connectivity index (χ0n) is 9.75. The van der Waals surface area contributed by atoms with Crippen LogP contribution in [0.25, 0.3) is 5.57 Å². The Morgan fingerprint density at radius 2 is 2.00 bits per heavy atom. The highest BCUT2D eigenvalue weighted by Crippen LogP contribution is 2.35. The molecule has 0 aromatic heterocycles. The lowest BCUT2D eigenvalue weighted by Crippen LogP contribution is -2.40. The Balaban J connectivity index is 2.31. The number of alkyl halides is 3. The zero-order valence-corrected chi connectivity index (χ0v) is 9.75.